The highest BCUT2D eigenvalue weighted by molar-refractivity contribution is 7.17. The Bertz CT molecular complexity index is 1150. The molecule has 0 unspecified atom stereocenters. The van der Waals surface area contributed by atoms with Crippen LogP contribution in [-0.4, -0.2) is 26.6 Å². The summed E-state index contributed by atoms with van der Waals surface area (Å²) in [6.07, 6.45) is 1.49. The second-order valence-electron chi connectivity index (χ2n) is 5.92. The zero-order chi connectivity index (χ0) is 19.5. The molecular weight excluding hydrogens is 376 g/mol. The van der Waals surface area contributed by atoms with Crippen LogP contribution in [-0.2, 0) is 0 Å². The Kier molecular flexibility index (Phi) is 4.73. The average Bonchev–Trinajstić information content (AvgIpc) is 3.31. The summed E-state index contributed by atoms with van der Waals surface area (Å²) in [5.41, 5.74) is 10.4. The number of benzene rings is 2. The van der Waals surface area contributed by atoms with Crippen LogP contribution in [0.2, 0.25) is 0 Å². The van der Waals surface area contributed by atoms with E-state index < -0.39 is 11.9 Å². The van der Waals surface area contributed by atoms with Gasteiger partial charge in [-0.2, -0.15) is 0 Å². The predicted molar refractivity (Wildman–Crippen MR) is 107 cm³/mol. The summed E-state index contributed by atoms with van der Waals surface area (Å²) < 4.78 is 1.47. The van der Waals surface area contributed by atoms with Gasteiger partial charge in [-0.1, -0.05) is 42.5 Å². The maximum Gasteiger partial charge on any atom is 0.352 e. The van der Waals surface area contributed by atoms with Crippen LogP contribution in [0.15, 0.2) is 60.9 Å². The van der Waals surface area contributed by atoms with Gasteiger partial charge in [0.25, 0.3) is 5.91 Å². The number of hydrogen-bond acceptors (Lipinski definition) is 5. The number of hydrazine groups is 1. The van der Waals surface area contributed by atoms with Gasteiger partial charge in [0.2, 0.25) is 0 Å². The fourth-order valence-electron chi connectivity index (χ4n) is 2.67. The van der Waals surface area contributed by atoms with E-state index in [1.807, 2.05) is 54.6 Å². The summed E-state index contributed by atoms with van der Waals surface area (Å²) in [4.78, 5) is 33.6. The van der Waals surface area contributed by atoms with Crippen molar-refractivity contribution in [3.8, 4) is 10.6 Å². The molecule has 140 valence electrons. The lowest BCUT2D eigenvalue weighted by Crippen LogP contribution is -2.45. The van der Waals surface area contributed by atoms with Crippen molar-refractivity contribution < 1.29 is 9.59 Å². The first kappa shape index (κ1) is 17.7. The van der Waals surface area contributed by atoms with Crippen molar-refractivity contribution >= 4 is 34.3 Å². The van der Waals surface area contributed by atoms with Crippen LogP contribution in [0.5, 0.6) is 0 Å². The second-order valence-corrected chi connectivity index (χ2v) is 6.92. The van der Waals surface area contributed by atoms with Gasteiger partial charge in [-0.15, -0.1) is 11.3 Å². The maximum atomic E-state index is 12.4. The van der Waals surface area contributed by atoms with Gasteiger partial charge in [0, 0.05) is 5.56 Å². The molecule has 3 N–H and O–H groups in total. The SMILES string of the molecule is Cc1nc(-c2ccccc2)sc1C(=O)NNC(=O)Nn1cnc2ccccc21. The Labute approximate surface area is 164 Å². The van der Waals surface area contributed by atoms with E-state index in [4.69, 9.17) is 0 Å². The van der Waals surface area contributed by atoms with Gasteiger partial charge in [-0.3, -0.25) is 10.2 Å². The lowest BCUT2D eigenvalue weighted by atomic mass is 10.2. The zero-order valence-corrected chi connectivity index (χ0v) is 15.7. The van der Waals surface area contributed by atoms with Crippen LogP contribution in [0.4, 0.5) is 4.79 Å². The first-order valence-corrected chi connectivity index (χ1v) is 9.26. The van der Waals surface area contributed by atoms with E-state index >= 15 is 0 Å². The van der Waals surface area contributed by atoms with E-state index in [2.05, 4.69) is 26.2 Å². The van der Waals surface area contributed by atoms with Crippen LogP contribution < -0.4 is 16.3 Å². The van der Waals surface area contributed by atoms with Crippen molar-refractivity contribution in [3.05, 3.63) is 71.5 Å². The maximum absolute atomic E-state index is 12.4. The molecule has 4 rings (SSSR count). The zero-order valence-electron chi connectivity index (χ0n) is 14.8. The Balaban J connectivity index is 1.40. The minimum absolute atomic E-state index is 0.428. The second kappa shape index (κ2) is 7.49. The molecule has 0 aliphatic rings. The predicted octanol–water partition coefficient (Wildman–Crippen LogP) is 3.07. The minimum atomic E-state index is -0.595. The number of imidazole rings is 1. The Morgan fingerprint density at radius 2 is 1.75 bits per heavy atom. The Morgan fingerprint density at radius 1 is 1.00 bits per heavy atom. The van der Waals surface area contributed by atoms with Gasteiger partial charge >= 0.3 is 6.03 Å². The highest BCUT2D eigenvalue weighted by Gasteiger charge is 2.17. The lowest BCUT2D eigenvalue weighted by molar-refractivity contribution is 0.0941. The number of rotatable bonds is 3. The number of urea groups is 1. The Morgan fingerprint density at radius 3 is 2.57 bits per heavy atom. The molecule has 0 aliphatic heterocycles. The van der Waals surface area contributed by atoms with Gasteiger partial charge in [0.15, 0.2) is 0 Å². The molecule has 3 amide bonds. The van der Waals surface area contributed by atoms with E-state index in [0.717, 1.165) is 21.6 Å². The molecule has 0 radical (unpaired) electrons. The molecule has 0 atom stereocenters. The van der Waals surface area contributed by atoms with E-state index in [9.17, 15) is 9.59 Å². The first-order valence-electron chi connectivity index (χ1n) is 8.44. The monoisotopic (exact) mass is 392 g/mol. The van der Waals surface area contributed by atoms with Crippen LogP contribution >= 0.6 is 11.3 Å². The summed E-state index contributed by atoms with van der Waals surface area (Å²) in [5, 5.41) is 0.748. The molecule has 2 aromatic heterocycles. The van der Waals surface area contributed by atoms with Crippen molar-refractivity contribution in [2.45, 2.75) is 6.92 Å². The lowest BCUT2D eigenvalue weighted by Gasteiger charge is -2.09. The van der Waals surface area contributed by atoms with Crippen LogP contribution in [0.3, 0.4) is 0 Å². The fraction of sp³-hybridized carbons (Fsp3) is 0.0526. The molecule has 0 saturated heterocycles. The smallest absolute Gasteiger partial charge is 0.266 e. The van der Waals surface area contributed by atoms with E-state index in [-0.39, 0.29) is 0 Å². The highest BCUT2D eigenvalue weighted by atomic mass is 32.1. The third-order valence-electron chi connectivity index (χ3n) is 3.99. The molecule has 2 heterocycles. The van der Waals surface area contributed by atoms with Gasteiger partial charge < -0.3 is 0 Å². The summed E-state index contributed by atoms with van der Waals surface area (Å²) in [5.74, 6) is -0.428. The molecule has 0 spiro atoms. The number of amides is 3. The topological polar surface area (TPSA) is 101 Å². The van der Waals surface area contributed by atoms with E-state index in [0.29, 0.717) is 10.6 Å². The third-order valence-corrected chi connectivity index (χ3v) is 5.19. The first-order chi connectivity index (χ1) is 13.6. The van der Waals surface area contributed by atoms with E-state index in [1.54, 1.807) is 6.92 Å². The number of aromatic nitrogens is 3. The number of para-hydroxylation sites is 2. The van der Waals surface area contributed by atoms with Crippen molar-refractivity contribution in [2.24, 2.45) is 0 Å². The summed E-state index contributed by atoms with van der Waals surface area (Å²) >= 11 is 1.27. The number of carbonyl (C=O) groups is 2. The molecule has 0 fully saturated rings. The number of fused-ring (bicyclic) bond motifs is 1. The number of hydrogen-bond donors (Lipinski definition) is 3. The number of nitrogens with zero attached hydrogens (tertiary/aromatic N) is 3. The van der Waals surface area contributed by atoms with Gasteiger partial charge in [0.1, 0.15) is 16.2 Å². The molecule has 9 heteroatoms. The number of aryl methyl sites for hydroxylation is 1. The Hall–Kier alpha value is -3.72. The molecule has 0 saturated carbocycles. The average molecular weight is 392 g/mol. The van der Waals surface area contributed by atoms with Crippen LogP contribution in [0.1, 0.15) is 15.4 Å². The van der Waals surface area contributed by atoms with Gasteiger partial charge in [-0.05, 0) is 19.1 Å². The van der Waals surface area contributed by atoms with Crippen molar-refractivity contribution in [3.63, 3.8) is 0 Å². The summed E-state index contributed by atoms with van der Waals surface area (Å²) in [6, 6.07) is 16.4. The van der Waals surface area contributed by atoms with E-state index in [1.165, 1.54) is 22.3 Å². The molecule has 0 bridgehead atoms. The number of carbonyl (C=O) groups excluding carboxylic acids is 2. The largest absolute Gasteiger partial charge is 0.352 e. The molecular formula is C19H16N6O2S. The highest BCUT2D eigenvalue weighted by Crippen LogP contribution is 2.27. The normalized spacial score (nSPS) is 10.6. The standard InChI is InChI=1S/C19H16N6O2S/c1-12-16(28-18(21-12)13-7-3-2-4-8-13)17(26)22-23-19(27)24-25-11-20-14-9-5-6-10-15(14)25/h2-11H,1H3,(H,22,26)(H2,23,24,27). The molecule has 28 heavy (non-hydrogen) atoms. The quantitative estimate of drug-likeness (QED) is 0.467. The number of nitrogens with one attached hydrogen (secondary N) is 3. The third kappa shape index (κ3) is 3.55. The molecule has 4 aromatic rings. The van der Waals surface area contributed by atoms with Crippen molar-refractivity contribution in [1.29, 1.82) is 0 Å². The molecule has 2 aromatic carbocycles. The number of thiazole rings is 1. The molecule has 0 aliphatic carbocycles. The van der Waals surface area contributed by atoms with Crippen LogP contribution in [0.25, 0.3) is 21.6 Å². The van der Waals surface area contributed by atoms with Crippen LogP contribution in [0, 0.1) is 6.92 Å². The molecule has 8 nitrogen and oxygen atoms in total. The summed E-state index contributed by atoms with van der Waals surface area (Å²) in [7, 11) is 0. The van der Waals surface area contributed by atoms with Crippen molar-refractivity contribution in [2.75, 3.05) is 5.43 Å². The fourth-order valence-corrected chi connectivity index (χ4v) is 3.63. The summed E-state index contributed by atoms with van der Waals surface area (Å²) in [6.45, 7) is 1.76. The van der Waals surface area contributed by atoms with Gasteiger partial charge in [-0.25, -0.2) is 30.3 Å². The van der Waals surface area contributed by atoms with Gasteiger partial charge in [0.05, 0.1) is 16.7 Å². The van der Waals surface area contributed by atoms with Crippen molar-refractivity contribution in [1.82, 2.24) is 25.5 Å². The minimum Gasteiger partial charge on any atom is -0.266 e.